The van der Waals surface area contributed by atoms with Crippen molar-refractivity contribution >= 4 is 46.5 Å². The second-order valence-electron chi connectivity index (χ2n) is 8.00. The van der Waals surface area contributed by atoms with E-state index < -0.39 is 11.7 Å². The summed E-state index contributed by atoms with van der Waals surface area (Å²) in [7, 11) is 0. The van der Waals surface area contributed by atoms with Crippen LogP contribution < -0.4 is 20.5 Å². The predicted molar refractivity (Wildman–Crippen MR) is 125 cm³/mol. The molecular weight excluding hydrogens is 450 g/mol. The number of fused-ring (bicyclic) bond motifs is 2. The molecule has 0 unspecified atom stereocenters. The van der Waals surface area contributed by atoms with Crippen molar-refractivity contribution in [3.8, 4) is 11.5 Å². The molecule has 3 N–H and O–H groups in total. The number of aromatic nitrogens is 3. The molecule has 170 valence electrons. The van der Waals surface area contributed by atoms with Crippen molar-refractivity contribution in [3.63, 3.8) is 0 Å². The Labute approximate surface area is 194 Å². The molecule has 0 fully saturated rings. The van der Waals surface area contributed by atoms with Gasteiger partial charge in [-0.25, -0.2) is 14.8 Å². The second kappa shape index (κ2) is 8.99. The number of alkyl carbamates (subject to hydrolysis) is 1. The molecule has 0 saturated carbocycles. The molecular formula is C21H25N5O4S2. The summed E-state index contributed by atoms with van der Waals surface area (Å²) in [6, 6.07) is 5.80. The zero-order valence-corrected chi connectivity index (χ0v) is 19.9. The van der Waals surface area contributed by atoms with Gasteiger partial charge in [0, 0.05) is 29.1 Å². The van der Waals surface area contributed by atoms with Crippen LogP contribution in [0.1, 0.15) is 20.8 Å². The number of imidazole rings is 1. The number of benzene rings is 1. The van der Waals surface area contributed by atoms with Gasteiger partial charge in [-0.2, -0.15) is 0 Å². The Hall–Kier alpha value is -2.79. The van der Waals surface area contributed by atoms with E-state index in [2.05, 4.69) is 10.3 Å². The maximum absolute atomic E-state index is 12.1. The lowest BCUT2D eigenvalue weighted by atomic mass is 10.2. The van der Waals surface area contributed by atoms with Crippen molar-refractivity contribution in [1.29, 1.82) is 0 Å². The average Bonchev–Trinajstić information content (AvgIpc) is 3.31. The number of pyridine rings is 1. The van der Waals surface area contributed by atoms with Crippen LogP contribution in [0, 0.1) is 0 Å². The summed E-state index contributed by atoms with van der Waals surface area (Å²) in [6.45, 7) is 6.56. The van der Waals surface area contributed by atoms with Crippen LogP contribution in [0.5, 0.6) is 11.5 Å². The number of rotatable bonds is 6. The summed E-state index contributed by atoms with van der Waals surface area (Å²) in [5.74, 6) is 1.81. The van der Waals surface area contributed by atoms with Gasteiger partial charge >= 0.3 is 6.09 Å². The first-order chi connectivity index (χ1) is 15.2. The molecule has 3 aromatic rings. The number of hydrogen-bond donors (Lipinski definition) is 2. The average molecular weight is 476 g/mol. The van der Waals surface area contributed by atoms with Gasteiger partial charge in [-0.3, -0.25) is 0 Å². The highest BCUT2D eigenvalue weighted by Crippen LogP contribution is 2.44. The molecule has 32 heavy (non-hydrogen) atoms. The van der Waals surface area contributed by atoms with E-state index in [-0.39, 0.29) is 6.79 Å². The van der Waals surface area contributed by atoms with E-state index in [4.69, 9.17) is 24.9 Å². The third-order valence-electron chi connectivity index (χ3n) is 4.52. The molecule has 0 spiro atoms. The highest BCUT2D eigenvalue weighted by molar-refractivity contribution is 8.02. The molecule has 11 heteroatoms. The third-order valence-corrected chi connectivity index (χ3v) is 6.48. The van der Waals surface area contributed by atoms with Crippen LogP contribution in [-0.4, -0.2) is 45.8 Å². The molecule has 0 aliphatic carbocycles. The standard InChI is InChI=1S/C21H25N5O4S2/c1-21(2,3)30-20(27)24-7-8-26-12-5-6-23-18(22)17(12)25-19(26)32-16-10-14-13(28-11-29-14)9-15(16)31-4/h5-6,9-10H,7-8,11H2,1-4H3,(H2,22,23)(H,24,27). The number of hydrogen-bond acceptors (Lipinski definition) is 9. The largest absolute Gasteiger partial charge is 0.454 e. The van der Waals surface area contributed by atoms with Gasteiger partial charge in [0.2, 0.25) is 6.79 Å². The van der Waals surface area contributed by atoms with Gasteiger partial charge in [0.25, 0.3) is 0 Å². The molecule has 1 amide bonds. The fourth-order valence-electron chi connectivity index (χ4n) is 3.17. The quantitative estimate of drug-likeness (QED) is 0.508. The summed E-state index contributed by atoms with van der Waals surface area (Å²) < 4.78 is 18.4. The zero-order chi connectivity index (χ0) is 22.9. The third kappa shape index (κ3) is 4.83. The number of nitrogens with two attached hydrogens (primary N) is 1. The number of amides is 1. The first-order valence-corrected chi connectivity index (χ1v) is 12.0. The molecule has 1 aromatic carbocycles. The SMILES string of the molecule is CSc1cc2c(cc1Sc1nc3c(N)nccc3n1CCNC(=O)OC(C)(C)C)OCO2. The highest BCUT2D eigenvalue weighted by Gasteiger charge is 2.21. The summed E-state index contributed by atoms with van der Waals surface area (Å²) in [6.07, 6.45) is 3.20. The molecule has 4 rings (SSSR count). The van der Waals surface area contributed by atoms with Gasteiger partial charge in [-0.05, 0) is 45.2 Å². The highest BCUT2D eigenvalue weighted by atomic mass is 32.2. The minimum absolute atomic E-state index is 0.217. The van der Waals surface area contributed by atoms with Gasteiger partial charge in [-0.1, -0.05) is 11.8 Å². The summed E-state index contributed by atoms with van der Waals surface area (Å²) in [5.41, 5.74) is 6.99. The number of anilines is 1. The van der Waals surface area contributed by atoms with E-state index in [1.54, 1.807) is 18.0 Å². The molecule has 1 aliphatic heterocycles. The normalized spacial score (nSPS) is 12.9. The zero-order valence-electron chi connectivity index (χ0n) is 18.3. The van der Waals surface area contributed by atoms with Gasteiger partial charge in [-0.15, -0.1) is 11.8 Å². The molecule has 0 atom stereocenters. The van der Waals surface area contributed by atoms with Gasteiger partial charge in [0.1, 0.15) is 11.1 Å². The molecule has 3 heterocycles. The van der Waals surface area contributed by atoms with E-state index in [0.29, 0.717) is 30.2 Å². The van der Waals surface area contributed by atoms with Crippen molar-refractivity contribution in [2.45, 2.75) is 47.9 Å². The Morgan fingerprint density at radius 2 is 2.00 bits per heavy atom. The monoisotopic (exact) mass is 475 g/mol. The van der Waals surface area contributed by atoms with Gasteiger partial charge < -0.3 is 29.8 Å². The van der Waals surface area contributed by atoms with Crippen LogP contribution in [-0.2, 0) is 11.3 Å². The van der Waals surface area contributed by atoms with E-state index in [9.17, 15) is 4.79 Å². The van der Waals surface area contributed by atoms with Crippen LogP contribution >= 0.6 is 23.5 Å². The van der Waals surface area contributed by atoms with Gasteiger partial charge in [0.15, 0.2) is 22.5 Å². The second-order valence-corrected chi connectivity index (χ2v) is 9.85. The van der Waals surface area contributed by atoms with Crippen LogP contribution in [0.15, 0.2) is 39.3 Å². The van der Waals surface area contributed by atoms with E-state index in [1.165, 1.54) is 11.8 Å². The fourth-order valence-corrected chi connectivity index (χ4v) is 4.99. The molecule has 9 nitrogen and oxygen atoms in total. The first-order valence-electron chi connectivity index (χ1n) is 9.98. The molecule has 2 aromatic heterocycles. The summed E-state index contributed by atoms with van der Waals surface area (Å²) in [4.78, 5) is 23.0. The number of nitrogen functional groups attached to an aromatic ring is 1. The number of carbonyl (C=O) groups is 1. The fraction of sp³-hybridized carbons (Fsp3) is 0.381. The van der Waals surface area contributed by atoms with E-state index in [1.807, 2.05) is 49.8 Å². The summed E-state index contributed by atoms with van der Waals surface area (Å²) >= 11 is 3.12. The lowest BCUT2D eigenvalue weighted by Crippen LogP contribution is -2.34. The van der Waals surface area contributed by atoms with Gasteiger partial charge in [0.05, 0.1) is 5.52 Å². The Balaban J connectivity index is 1.62. The van der Waals surface area contributed by atoms with E-state index in [0.717, 1.165) is 26.2 Å². The number of ether oxygens (including phenoxy) is 3. The van der Waals surface area contributed by atoms with Crippen molar-refractivity contribution in [2.75, 3.05) is 25.3 Å². The molecule has 0 radical (unpaired) electrons. The Kier molecular flexibility index (Phi) is 6.29. The summed E-state index contributed by atoms with van der Waals surface area (Å²) in [5, 5.41) is 3.53. The van der Waals surface area contributed by atoms with Crippen LogP contribution in [0.4, 0.5) is 10.6 Å². The van der Waals surface area contributed by atoms with E-state index >= 15 is 0 Å². The van der Waals surface area contributed by atoms with Crippen molar-refractivity contribution in [1.82, 2.24) is 19.9 Å². The van der Waals surface area contributed by atoms with Crippen LogP contribution in [0.25, 0.3) is 11.0 Å². The lowest BCUT2D eigenvalue weighted by molar-refractivity contribution is 0.0526. The lowest BCUT2D eigenvalue weighted by Gasteiger charge is -2.20. The maximum atomic E-state index is 12.1. The van der Waals surface area contributed by atoms with Crippen LogP contribution in [0.2, 0.25) is 0 Å². The number of carbonyl (C=O) groups excluding carboxylic acids is 1. The molecule has 0 saturated heterocycles. The smallest absolute Gasteiger partial charge is 0.407 e. The Morgan fingerprint density at radius 1 is 1.28 bits per heavy atom. The number of thioether (sulfide) groups is 1. The minimum atomic E-state index is -0.555. The van der Waals surface area contributed by atoms with Crippen LogP contribution in [0.3, 0.4) is 0 Å². The van der Waals surface area contributed by atoms with Crippen molar-refractivity contribution in [2.24, 2.45) is 0 Å². The predicted octanol–water partition coefficient (Wildman–Crippen LogP) is 4.14. The van der Waals surface area contributed by atoms with Crippen molar-refractivity contribution in [3.05, 3.63) is 24.4 Å². The first kappa shape index (κ1) is 22.4. The Bertz CT molecular complexity index is 1160. The molecule has 0 bridgehead atoms. The topological polar surface area (TPSA) is 114 Å². The molecule has 1 aliphatic rings. The Morgan fingerprint density at radius 3 is 2.69 bits per heavy atom. The number of nitrogens with one attached hydrogen (secondary N) is 1. The van der Waals surface area contributed by atoms with Crippen molar-refractivity contribution < 1.29 is 19.0 Å². The minimum Gasteiger partial charge on any atom is -0.454 e. The number of nitrogens with zero attached hydrogens (tertiary/aromatic N) is 3. The maximum Gasteiger partial charge on any atom is 0.407 e.